The number of hydrogen-bond acceptors (Lipinski definition) is 1. The molecule has 1 aromatic rings. The van der Waals surface area contributed by atoms with Gasteiger partial charge in [0.25, 0.3) is 0 Å². The summed E-state index contributed by atoms with van der Waals surface area (Å²) in [5.41, 5.74) is 0.692. The van der Waals surface area contributed by atoms with Crippen molar-refractivity contribution in [3.05, 3.63) is 23.0 Å². The van der Waals surface area contributed by atoms with Crippen LogP contribution in [-0.2, 0) is 0 Å². The van der Waals surface area contributed by atoms with Gasteiger partial charge in [-0.25, -0.2) is 0 Å². The first kappa shape index (κ1) is 10.1. The molecule has 74 valence electrons. The first-order valence-corrected chi connectivity index (χ1v) is 3.73. The Morgan fingerprint density at radius 2 is 1.92 bits per heavy atom. The summed E-state index contributed by atoms with van der Waals surface area (Å²) in [4.78, 5) is 2.63. The largest absolute Gasteiger partial charge is 0.418 e. The predicted octanol–water partition coefficient (Wildman–Crippen LogP) is 2.23. The number of aromatic nitrogens is 1. The summed E-state index contributed by atoms with van der Waals surface area (Å²) < 4.78 is 36.3. The minimum Gasteiger partial charge on any atom is -0.379 e. The molecule has 0 aliphatic carbocycles. The number of nitrogens with one attached hydrogen (secondary N) is 1. The maximum atomic E-state index is 12.1. The van der Waals surface area contributed by atoms with Crippen molar-refractivity contribution < 1.29 is 18.3 Å². The normalized spacial score (nSPS) is 14.6. The van der Waals surface area contributed by atoms with Crippen molar-refractivity contribution in [1.82, 2.24) is 4.98 Å². The van der Waals surface area contributed by atoms with Crippen LogP contribution in [0.1, 0.15) is 22.9 Å². The van der Waals surface area contributed by atoms with Crippen LogP contribution >= 0.6 is 0 Å². The Hall–Kier alpha value is -0.970. The quantitative estimate of drug-likeness (QED) is 0.704. The van der Waals surface area contributed by atoms with Crippen LogP contribution in [-0.4, -0.2) is 16.3 Å². The van der Waals surface area contributed by atoms with Gasteiger partial charge in [-0.15, -0.1) is 0 Å². The summed E-state index contributed by atoms with van der Waals surface area (Å²) in [7, 11) is 0. The number of aliphatic hydroxyl groups is 1. The Morgan fingerprint density at radius 1 is 1.38 bits per heavy atom. The molecule has 1 unspecified atom stereocenters. The molecule has 0 aliphatic heterocycles. The molecule has 0 fully saturated rings. The highest BCUT2D eigenvalue weighted by molar-refractivity contribution is 5.31. The highest BCUT2D eigenvalue weighted by atomic mass is 19.4. The van der Waals surface area contributed by atoms with Crippen LogP contribution < -0.4 is 0 Å². The number of aromatic amines is 1. The topological polar surface area (TPSA) is 36.0 Å². The van der Waals surface area contributed by atoms with Crippen LogP contribution in [0, 0.1) is 13.8 Å². The molecule has 0 saturated carbocycles. The van der Waals surface area contributed by atoms with Gasteiger partial charge in [0.15, 0.2) is 6.10 Å². The maximum Gasteiger partial charge on any atom is 0.418 e. The zero-order valence-corrected chi connectivity index (χ0v) is 7.24. The maximum absolute atomic E-state index is 12.1. The van der Waals surface area contributed by atoms with Crippen LogP contribution in [0.25, 0.3) is 0 Å². The van der Waals surface area contributed by atoms with E-state index < -0.39 is 12.3 Å². The van der Waals surface area contributed by atoms with Crippen LogP contribution in [0.3, 0.4) is 0 Å². The molecular formula is C8H10F3NO. The lowest BCUT2D eigenvalue weighted by molar-refractivity contribution is -0.207. The number of halogens is 3. The van der Waals surface area contributed by atoms with E-state index in [1.807, 2.05) is 0 Å². The van der Waals surface area contributed by atoms with Crippen LogP contribution in [0.5, 0.6) is 0 Å². The molecule has 0 bridgehead atoms. The second-order valence-corrected chi connectivity index (χ2v) is 2.95. The summed E-state index contributed by atoms with van der Waals surface area (Å²) in [6, 6.07) is 0. The molecule has 0 aromatic carbocycles. The number of rotatable bonds is 1. The highest BCUT2D eigenvalue weighted by Gasteiger charge is 2.41. The average molecular weight is 193 g/mol. The van der Waals surface area contributed by atoms with Gasteiger partial charge in [0.05, 0.1) is 0 Å². The smallest absolute Gasteiger partial charge is 0.379 e. The van der Waals surface area contributed by atoms with E-state index in [0.29, 0.717) is 11.3 Å². The summed E-state index contributed by atoms with van der Waals surface area (Å²) in [5, 5.41) is 8.96. The van der Waals surface area contributed by atoms with E-state index in [1.165, 1.54) is 20.0 Å². The van der Waals surface area contributed by atoms with Crippen molar-refractivity contribution in [2.75, 3.05) is 0 Å². The molecule has 0 spiro atoms. The summed E-state index contributed by atoms with van der Waals surface area (Å²) in [6.45, 7) is 3.02. The van der Waals surface area contributed by atoms with Gasteiger partial charge in [-0.2, -0.15) is 13.2 Å². The molecule has 5 heteroatoms. The zero-order valence-electron chi connectivity index (χ0n) is 7.24. The Balaban J connectivity index is 3.08. The third kappa shape index (κ3) is 1.85. The van der Waals surface area contributed by atoms with Gasteiger partial charge in [-0.3, -0.25) is 0 Å². The molecular weight excluding hydrogens is 183 g/mol. The molecule has 0 radical (unpaired) electrons. The molecule has 2 N–H and O–H groups in total. The van der Waals surface area contributed by atoms with E-state index in [0.717, 1.165) is 0 Å². The number of aliphatic hydroxyl groups excluding tert-OH is 1. The molecule has 2 nitrogen and oxygen atoms in total. The molecule has 1 heterocycles. The minimum atomic E-state index is -4.60. The van der Waals surface area contributed by atoms with Gasteiger partial charge in [0, 0.05) is 17.5 Å². The van der Waals surface area contributed by atoms with Crippen molar-refractivity contribution >= 4 is 0 Å². The number of alkyl halides is 3. The fraction of sp³-hybridized carbons (Fsp3) is 0.500. The monoisotopic (exact) mass is 193 g/mol. The number of hydrogen-bond donors (Lipinski definition) is 2. The van der Waals surface area contributed by atoms with Gasteiger partial charge >= 0.3 is 6.18 Å². The van der Waals surface area contributed by atoms with Crippen molar-refractivity contribution in [3.8, 4) is 0 Å². The van der Waals surface area contributed by atoms with Gasteiger partial charge in [-0.1, -0.05) is 0 Å². The molecule has 0 aliphatic rings. The van der Waals surface area contributed by atoms with E-state index in [2.05, 4.69) is 4.98 Å². The number of aryl methyl sites for hydroxylation is 2. The lowest BCUT2D eigenvalue weighted by Crippen LogP contribution is -2.21. The Kier molecular flexibility index (Phi) is 2.38. The first-order chi connectivity index (χ1) is 5.84. The standard InChI is InChI=1S/C8H10F3NO/c1-4-3-12-5(2)6(4)7(13)8(9,10)11/h3,7,12-13H,1-2H3. The second-order valence-electron chi connectivity index (χ2n) is 2.95. The lowest BCUT2D eigenvalue weighted by Gasteiger charge is -2.15. The fourth-order valence-corrected chi connectivity index (χ4v) is 1.25. The summed E-state index contributed by atoms with van der Waals surface area (Å²) >= 11 is 0. The Bertz CT molecular complexity index is 283. The molecule has 1 atom stereocenters. The molecule has 1 rings (SSSR count). The van der Waals surface area contributed by atoms with E-state index in [1.54, 1.807) is 0 Å². The Labute approximate surface area is 73.4 Å². The molecule has 1 aromatic heterocycles. The SMILES string of the molecule is Cc1c[nH]c(C)c1C(O)C(F)(F)F. The van der Waals surface area contributed by atoms with Gasteiger partial charge in [0.1, 0.15) is 0 Å². The van der Waals surface area contributed by atoms with E-state index in [9.17, 15) is 13.2 Å². The van der Waals surface area contributed by atoms with Gasteiger partial charge in [0.2, 0.25) is 0 Å². The predicted molar refractivity (Wildman–Crippen MR) is 41.3 cm³/mol. The van der Waals surface area contributed by atoms with Crippen molar-refractivity contribution in [2.24, 2.45) is 0 Å². The summed E-state index contributed by atoms with van der Waals surface area (Å²) in [6.07, 6.45) is -5.55. The van der Waals surface area contributed by atoms with E-state index in [4.69, 9.17) is 5.11 Å². The second kappa shape index (κ2) is 3.06. The van der Waals surface area contributed by atoms with Crippen molar-refractivity contribution in [1.29, 1.82) is 0 Å². The number of H-pyrrole nitrogens is 1. The molecule has 0 amide bonds. The van der Waals surface area contributed by atoms with Crippen molar-refractivity contribution in [2.45, 2.75) is 26.1 Å². The third-order valence-corrected chi connectivity index (χ3v) is 1.92. The zero-order chi connectivity index (χ0) is 10.2. The highest BCUT2D eigenvalue weighted by Crippen LogP contribution is 2.35. The van der Waals surface area contributed by atoms with Crippen LogP contribution in [0.15, 0.2) is 6.20 Å². The lowest BCUT2D eigenvalue weighted by atomic mass is 10.1. The summed E-state index contributed by atoms with van der Waals surface area (Å²) in [5.74, 6) is 0. The third-order valence-electron chi connectivity index (χ3n) is 1.92. The minimum absolute atomic E-state index is 0.0764. The molecule has 13 heavy (non-hydrogen) atoms. The van der Waals surface area contributed by atoms with Gasteiger partial charge < -0.3 is 10.1 Å². The van der Waals surface area contributed by atoms with Crippen LogP contribution in [0.4, 0.5) is 13.2 Å². The average Bonchev–Trinajstić information content (AvgIpc) is 2.28. The fourth-order valence-electron chi connectivity index (χ4n) is 1.25. The van der Waals surface area contributed by atoms with Gasteiger partial charge in [-0.05, 0) is 19.4 Å². The van der Waals surface area contributed by atoms with E-state index >= 15 is 0 Å². The van der Waals surface area contributed by atoms with E-state index in [-0.39, 0.29) is 5.56 Å². The van der Waals surface area contributed by atoms with Crippen LogP contribution in [0.2, 0.25) is 0 Å². The van der Waals surface area contributed by atoms with Crippen molar-refractivity contribution in [3.63, 3.8) is 0 Å². The first-order valence-electron chi connectivity index (χ1n) is 3.73. The Morgan fingerprint density at radius 3 is 2.23 bits per heavy atom. The molecule has 0 saturated heterocycles.